The van der Waals surface area contributed by atoms with Crippen molar-refractivity contribution in [3.05, 3.63) is 65.7 Å². The Morgan fingerprint density at radius 1 is 1.12 bits per heavy atom. The van der Waals surface area contributed by atoms with Crippen molar-refractivity contribution < 1.29 is 14.6 Å². The normalized spacial score (nSPS) is 12.3. The summed E-state index contributed by atoms with van der Waals surface area (Å²) in [6.45, 7) is 4.78. The van der Waals surface area contributed by atoms with E-state index in [1.165, 1.54) is 0 Å². The third kappa shape index (κ3) is 5.50. The van der Waals surface area contributed by atoms with Crippen LogP contribution in [0.4, 0.5) is 4.79 Å². The molecule has 3 N–H and O–H groups in total. The van der Waals surface area contributed by atoms with E-state index in [2.05, 4.69) is 24.5 Å². The quantitative estimate of drug-likeness (QED) is 0.724. The summed E-state index contributed by atoms with van der Waals surface area (Å²) in [7, 11) is 1.58. The van der Waals surface area contributed by atoms with Crippen LogP contribution in [0.15, 0.2) is 54.6 Å². The van der Waals surface area contributed by atoms with Gasteiger partial charge in [0, 0.05) is 18.5 Å². The van der Waals surface area contributed by atoms with Gasteiger partial charge in [0.05, 0.1) is 13.2 Å². The number of carbonyl (C=O) groups excluding carboxylic acids is 1. The minimum Gasteiger partial charge on any atom is -0.497 e. The van der Waals surface area contributed by atoms with Crippen molar-refractivity contribution in [1.82, 2.24) is 10.6 Å². The molecular formula is C20H26N2O3. The van der Waals surface area contributed by atoms with Crippen molar-refractivity contribution in [3.8, 4) is 5.75 Å². The van der Waals surface area contributed by atoms with E-state index in [0.29, 0.717) is 17.9 Å². The SMILES string of the molecule is COc1cccc(C(O)CNC(=O)NCC(C)(C)c2ccccc2)c1. The van der Waals surface area contributed by atoms with Crippen molar-refractivity contribution in [1.29, 1.82) is 0 Å². The standard InChI is InChI=1S/C20H26N2O3/c1-20(2,16-9-5-4-6-10-16)14-22-19(24)21-13-18(23)15-8-7-11-17(12-15)25-3/h4-12,18,23H,13-14H2,1-3H3,(H2,21,22,24). The number of hydrogen-bond acceptors (Lipinski definition) is 3. The highest BCUT2D eigenvalue weighted by Gasteiger charge is 2.21. The second-order valence-electron chi connectivity index (χ2n) is 6.61. The molecule has 0 aliphatic carbocycles. The van der Waals surface area contributed by atoms with Crippen LogP contribution in [0.2, 0.25) is 0 Å². The highest BCUT2D eigenvalue weighted by molar-refractivity contribution is 5.74. The predicted molar refractivity (Wildman–Crippen MR) is 98.8 cm³/mol. The number of nitrogens with one attached hydrogen (secondary N) is 2. The lowest BCUT2D eigenvalue weighted by atomic mass is 9.85. The van der Waals surface area contributed by atoms with E-state index in [4.69, 9.17) is 4.74 Å². The minimum atomic E-state index is -0.789. The molecular weight excluding hydrogens is 316 g/mol. The van der Waals surface area contributed by atoms with Crippen molar-refractivity contribution in [2.45, 2.75) is 25.4 Å². The van der Waals surface area contributed by atoms with Gasteiger partial charge >= 0.3 is 6.03 Å². The number of rotatable bonds is 7. The van der Waals surface area contributed by atoms with Crippen LogP contribution in [-0.4, -0.2) is 31.3 Å². The molecule has 5 heteroatoms. The summed E-state index contributed by atoms with van der Waals surface area (Å²) in [5.41, 5.74) is 1.68. The van der Waals surface area contributed by atoms with Crippen LogP contribution in [0.3, 0.4) is 0 Å². The molecule has 5 nitrogen and oxygen atoms in total. The molecule has 2 rings (SSSR count). The van der Waals surface area contributed by atoms with Crippen LogP contribution in [0, 0.1) is 0 Å². The maximum absolute atomic E-state index is 12.0. The average molecular weight is 342 g/mol. The number of aliphatic hydroxyl groups excluding tert-OH is 1. The molecule has 2 aromatic carbocycles. The lowest BCUT2D eigenvalue weighted by Gasteiger charge is -2.25. The first-order chi connectivity index (χ1) is 11.9. The second kappa shape index (κ2) is 8.53. The summed E-state index contributed by atoms with van der Waals surface area (Å²) >= 11 is 0. The molecule has 0 heterocycles. The fourth-order valence-electron chi connectivity index (χ4n) is 2.51. The molecule has 0 spiro atoms. The van der Waals surface area contributed by atoms with E-state index in [0.717, 1.165) is 5.56 Å². The fraction of sp³-hybridized carbons (Fsp3) is 0.350. The van der Waals surface area contributed by atoms with Gasteiger partial charge in [-0.25, -0.2) is 4.79 Å². The Bertz CT molecular complexity index is 686. The predicted octanol–water partition coefficient (Wildman–Crippen LogP) is 3.01. The van der Waals surface area contributed by atoms with Crippen molar-refractivity contribution >= 4 is 6.03 Å². The van der Waals surface area contributed by atoms with Gasteiger partial charge in [-0.3, -0.25) is 0 Å². The summed E-state index contributed by atoms with van der Waals surface area (Å²) in [5, 5.41) is 15.8. The molecule has 0 bridgehead atoms. The van der Waals surface area contributed by atoms with Gasteiger partial charge in [-0.15, -0.1) is 0 Å². The smallest absolute Gasteiger partial charge is 0.314 e. The second-order valence-corrected chi connectivity index (χ2v) is 6.61. The van der Waals surface area contributed by atoms with Crippen molar-refractivity contribution in [3.63, 3.8) is 0 Å². The average Bonchev–Trinajstić information content (AvgIpc) is 2.65. The van der Waals surface area contributed by atoms with Crippen molar-refractivity contribution in [2.75, 3.05) is 20.2 Å². The number of amides is 2. The number of benzene rings is 2. The lowest BCUT2D eigenvalue weighted by Crippen LogP contribution is -2.43. The summed E-state index contributed by atoms with van der Waals surface area (Å²) < 4.78 is 5.14. The number of ether oxygens (including phenoxy) is 1. The zero-order valence-electron chi connectivity index (χ0n) is 15.0. The third-order valence-corrected chi connectivity index (χ3v) is 4.18. The number of urea groups is 1. The van der Waals surface area contributed by atoms with E-state index in [1.807, 2.05) is 36.4 Å². The summed E-state index contributed by atoms with van der Waals surface area (Å²) in [4.78, 5) is 12.0. The van der Waals surface area contributed by atoms with Gasteiger partial charge in [0.2, 0.25) is 0 Å². The van der Waals surface area contributed by atoms with Gasteiger partial charge < -0.3 is 20.5 Å². The first kappa shape index (κ1) is 18.8. The maximum Gasteiger partial charge on any atom is 0.314 e. The lowest BCUT2D eigenvalue weighted by molar-refractivity contribution is 0.172. The molecule has 0 fully saturated rings. The zero-order chi connectivity index (χ0) is 18.3. The molecule has 25 heavy (non-hydrogen) atoms. The zero-order valence-corrected chi connectivity index (χ0v) is 15.0. The molecule has 2 aromatic rings. The highest BCUT2D eigenvalue weighted by Crippen LogP contribution is 2.21. The van der Waals surface area contributed by atoms with Crippen LogP contribution in [0.1, 0.15) is 31.1 Å². The van der Waals surface area contributed by atoms with Crippen LogP contribution in [-0.2, 0) is 5.41 Å². The number of aliphatic hydroxyl groups is 1. The van der Waals surface area contributed by atoms with Gasteiger partial charge in [-0.05, 0) is 23.3 Å². The van der Waals surface area contributed by atoms with Gasteiger partial charge in [0.15, 0.2) is 0 Å². The van der Waals surface area contributed by atoms with E-state index in [1.54, 1.807) is 25.3 Å². The Hall–Kier alpha value is -2.53. The first-order valence-electron chi connectivity index (χ1n) is 8.31. The van der Waals surface area contributed by atoms with Crippen LogP contribution >= 0.6 is 0 Å². The fourth-order valence-corrected chi connectivity index (χ4v) is 2.51. The topological polar surface area (TPSA) is 70.6 Å². The Labute approximate surface area is 149 Å². The van der Waals surface area contributed by atoms with Crippen molar-refractivity contribution in [2.24, 2.45) is 0 Å². The highest BCUT2D eigenvalue weighted by atomic mass is 16.5. The molecule has 2 amide bonds. The Morgan fingerprint density at radius 2 is 1.84 bits per heavy atom. The van der Waals surface area contributed by atoms with Gasteiger partial charge in [-0.2, -0.15) is 0 Å². The third-order valence-electron chi connectivity index (χ3n) is 4.18. The number of hydrogen-bond donors (Lipinski definition) is 3. The molecule has 0 saturated carbocycles. The summed E-state index contributed by atoms with van der Waals surface area (Å²) in [6.07, 6.45) is -0.789. The molecule has 0 aliphatic rings. The van der Waals surface area contributed by atoms with Gasteiger partial charge in [0.25, 0.3) is 0 Å². The molecule has 0 saturated heterocycles. The molecule has 1 atom stereocenters. The molecule has 0 aromatic heterocycles. The van der Waals surface area contributed by atoms with Crippen LogP contribution in [0.25, 0.3) is 0 Å². The number of methoxy groups -OCH3 is 1. The monoisotopic (exact) mass is 342 g/mol. The molecule has 1 unspecified atom stereocenters. The Morgan fingerprint density at radius 3 is 2.52 bits per heavy atom. The van der Waals surface area contributed by atoms with Crippen LogP contribution in [0.5, 0.6) is 5.75 Å². The molecule has 134 valence electrons. The van der Waals surface area contributed by atoms with Crippen LogP contribution < -0.4 is 15.4 Å². The number of carbonyl (C=O) groups is 1. The van der Waals surface area contributed by atoms with E-state index in [9.17, 15) is 9.90 Å². The van der Waals surface area contributed by atoms with E-state index in [-0.39, 0.29) is 18.0 Å². The molecule has 0 aliphatic heterocycles. The van der Waals surface area contributed by atoms with Gasteiger partial charge in [0.1, 0.15) is 5.75 Å². The summed E-state index contributed by atoms with van der Waals surface area (Å²) in [6, 6.07) is 16.9. The molecule has 0 radical (unpaired) electrons. The minimum absolute atomic E-state index is 0.130. The van der Waals surface area contributed by atoms with E-state index < -0.39 is 6.10 Å². The van der Waals surface area contributed by atoms with Gasteiger partial charge in [-0.1, -0.05) is 56.3 Å². The Balaban J connectivity index is 1.82. The van der Waals surface area contributed by atoms with E-state index >= 15 is 0 Å². The maximum atomic E-state index is 12.0. The largest absolute Gasteiger partial charge is 0.497 e. The first-order valence-corrected chi connectivity index (χ1v) is 8.31. The summed E-state index contributed by atoms with van der Waals surface area (Å²) in [5.74, 6) is 0.672. The Kier molecular flexibility index (Phi) is 6.42.